The van der Waals surface area contributed by atoms with Gasteiger partial charge in [0.2, 0.25) is 0 Å². The molecule has 1 aliphatic rings. The van der Waals surface area contributed by atoms with Crippen LogP contribution < -0.4 is 5.06 Å². The molecule has 0 spiro atoms. The molecular formula is C26H30N2O. The molecule has 29 heavy (non-hydrogen) atoms. The fourth-order valence-electron chi connectivity index (χ4n) is 4.15. The zero-order chi connectivity index (χ0) is 20.2. The maximum Gasteiger partial charge on any atom is 0.0674 e. The average molecular weight is 387 g/mol. The first-order chi connectivity index (χ1) is 14.1. The highest BCUT2D eigenvalue weighted by Gasteiger charge is 2.25. The molecule has 0 N–H and O–H groups in total. The number of nitrogens with zero attached hydrogens (tertiary/aromatic N) is 2. The van der Waals surface area contributed by atoms with Crippen LogP contribution in [0.15, 0.2) is 72.8 Å². The van der Waals surface area contributed by atoms with Crippen molar-refractivity contribution in [3.8, 4) is 22.3 Å². The van der Waals surface area contributed by atoms with Crippen LogP contribution in [-0.2, 0) is 11.3 Å². The van der Waals surface area contributed by atoms with Crippen LogP contribution in [0.25, 0.3) is 22.3 Å². The van der Waals surface area contributed by atoms with Gasteiger partial charge in [-0.1, -0.05) is 66.7 Å². The third-order valence-corrected chi connectivity index (χ3v) is 5.82. The summed E-state index contributed by atoms with van der Waals surface area (Å²) < 4.78 is 0. The molecule has 3 nitrogen and oxygen atoms in total. The normalized spacial score (nSPS) is 16.1. The minimum Gasteiger partial charge on any atom is -0.309 e. The Morgan fingerprint density at radius 2 is 1.48 bits per heavy atom. The lowest BCUT2D eigenvalue weighted by Gasteiger charge is -2.35. The molecule has 4 rings (SSSR count). The number of hydrogen-bond acceptors (Lipinski definition) is 3. The van der Waals surface area contributed by atoms with E-state index in [1.54, 1.807) is 7.11 Å². The molecule has 0 saturated carbocycles. The highest BCUT2D eigenvalue weighted by molar-refractivity contribution is 5.74. The van der Waals surface area contributed by atoms with E-state index in [0.29, 0.717) is 5.92 Å². The molecular weight excluding hydrogens is 356 g/mol. The fourth-order valence-corrected chi connectivity index (χ4v) is 4.15. The molecule has 0 aromatic heterocycles. The number of hydrogen-bond donors (Lipinski definition) is 0. The van der Waals surface area contributed by atoms with E-state index in [4.69, 9.17) is 4.84 Å². The second-order valence-electron chi connectivity index (χ2n) is 8.19. The van der Waals surface area contributed by atoms with Gasteiger partial charge in [0.15, 0.2) is 0 Å². The Morgan fingerprint density at radius 3 is 2.14 bits per heavy atom. The third kappa shape index (κ3) is 4.52. The third-order valence-electron chi connectivity index (χ3n) is 5.82. The minimum absolute atomic E-state index is 0.626. The second kappa shape index (κ2) is 8.81. The van der Waals surface area contributed by atoms with Gasteiger partial charge in [0, 0.05) is 6.54 Å². The summed E-state index contributed by atoms with van der Waals surface area (Å²) >= 11 is 0. The van der Waals surface area contributed by atoms with Crippen molar-refractivity contribution < 1.29 is 4.84 Å². The van der Waals surface area contributed by atoms with E-state index >= 15 is 0 Å². The summed E-state index contributed by atoms with van der Waals surface area (Å²) in [6, 6.07) is 26.2. The number of hydroxylamine groups is 1. The van der Waals surface area contributed by atoms with Gasteiger partial charge in [0.25, 0.3) is 0 Å². The predicted octanol–water partition coefficient (Wildman–Crippen LogP) is 5.51. The minimum atomic E-state index is 0.626. The summed E-state index contributed by atoms with van der Waals surface area (Å²) in [6.07, 6.45) is 2.31. The Hall–Kier alpha value is -2.62. The van der Waals surface area contributed by atoms with Crippen LogP contribution in [0.4, 0.5) is 5.69 Å². The van der Waals surface area contributed by atoms with Crippen LogP contribution in [0.3, 0.4) is 0 Å². The SMILES string of the molecule is CON1CC(CCN(C)C)Cc2ccc(-c3ccc(-c4ccccc4)cc3)cc21. The molecule has 0 amide bonds. The molecule has 1 heterocycles. The Kier molecular flexibility index (Phi) is 5.98. The van der Waals surface area contributed by atoms with Gasteiger partial charge in [-0.25, -0.2) is 0 Å². The number of anilines is 1. The molecule has 1 atom stereocenters. The quantitative estimate of drug-likeness (QED) is 0.555. The lowest BCUT2D eigenvalue weighted by molar-refractivity contribution is 0.144. The van der Waals surface area contributed by atoms with Gasteiger partial charge in [-0.2, -0.15) is 0 Å². The van der Waals surface area contributed by atoms with Crippen molar-refractivity contribution in [3.63, 3.8) is 0 Å². The predicted molar refractivity (Wildman–Crippen MR) is 122 cm³/mol. The van der Waals surface area contributed by atoms with E-state index in [9.17, 15) is 0 Å². The molecule has 3 aromatic rings. The first-order valence-corrected chi connectivity index (χ1v) is 10.4. The molecule has 3 heteroatoms. The summed E-state index contributed by atoms with van der Waals surface area (Å²) in [5.74, 6) is 0.626. The van der Waals surface area contributed by atoms with Crippen LogP contribution in [0, 0.1) is 5.92 Å². The Labute approximate surface area is 174 Å². The highest BCUT2D eigenvalue weighted by atomic mass is 16.7. The van der Waals surface area contributed by atoms with E-state index in [1.165, 1.54) is 39.9 Å². The summed E-state index contributed by atoms with van der Waals surface area (Å²) in [7, 11) is 6.06. The van der Waals surface area contributed by atoms with Crippen molar-refractivity contribution in [1.29, 1.82) is 0 Å². The van der Waals surface area contributed by atoms with Crippen molar-refractivity contribution >= 4 is 5.69 Å². The van der Waals surface area contributed by atoms with Gasteiger partial charge in [-0.3, -0.25) is 9.90 Å². The molecule has 3 aromatic carbocycles. The summed E-state index contributed by atoms with van der Waals surface area (Å²) in [6.45, 7) is 2.07. The first-order valence-electron chi connectivity index (χ1n) is 10.4. The first kappa shape index (κ1) is 19.7. The van der Waals surface area contributed by atoms with Crippen LogP contribution in [0.5, 0.6) is 0 Å². The average Bonchev–Trinajstić information content (AvgIpc) is 2.77. The summed E-state index contributed by atoms with van der Waals surface area (Å²) in [5, 5.41) is 2.07. The molecule has 0 fully saturated rings. The fraction of sp³-hybridized carbons (Fsp3) is 0.308. The molecule has 0 radical (unpaired) electrons. The molecule has 1 aliphatic heterocycles. The van der Waals surface area contributed by atoms with Crippen LogP contribution in [-0.4, -0.2) is 39.2 Å². The van der Waals surface area contributed by atoms with Crippen molar-refractivity contribution in [2.45, 2.75) is 12.8 Å². The smallest absolute Gasteiger partial charge is 0.0674 e. The van der Waals surface area contributed by atoms with Gasteiger partial charge in [-0.05, 0) is 73.3 Å². The Balaban J connectivity index is 1.56. The largest absolute Gasteiger partial charge is 0.309 e. The Morgan fingerprint density at radius 1 is 0.862 bits per heavy atom. The van der Waals surface area contributed by atoms with E-state index in [2.05, 4.69) is 96.9 Å². The maximum absolute atomic E-state index is 5.74. The van der Waals surface area contributed by atoms with Crippen molar-refractivity contribution in [1.82, 2.24) is 4.90 Å². The molecule has 0 aliphatic carbocycles. The number of rotatable bonds is 6. The van der Waals surface area contributed by atoms with Crippen LogP contribution >= 0.6 is 0 Å². The van der Waals surface area contributed by atoms with Gasteiger partial charge in [-0.15, -0.1) is 0 Å². The van der Waals surface area contributed by atoms with E-state index in [0.717, 1.165) is 19.5 Å². The highest BCUT2D eigenvalue weighted by Crippen LogP contribution is 2.35. The zero-order valence-electron chi connectivity index (χ0n) is 17.6. The van der Waals surface area contributed by atoms with Gasteiger partial charge >= 0.3 is 0 Å². The van der Waals surface area contributed by atoms with Crippen molar-refractivity contribution in [3.05, 3.63) is 78.4 Å². The topological polar surface area (TPSA) is 15.7 Å². The molecule has 0 saturated heterocycles. The van der Waals surface area contributed by atoms with Gasteiger partial charge in [0.05, 0.1) is 12.8 Å². The van der Waals surface area contributed by atoms with Crippen LogP contribution in [0.1, 0.15) is 12.0 Å². The number of benzene rings is 3. The van der Waals surface area contributed by atoms with Gasteiger partial charge in [0.1, 0.15) is 0 Å². The van der Waals surface area contributed by atoms with Crippen molar-refractivity contribution in [2.75, 3.05) is 39.4 Å². The maximum atomic E-state index is 5.74. The summed E-state index contributed by atoms with van der Waals surface area (Å²) in [4.78, 5) is 8.00. The lowest BCUT2D eigenvalue weighted by atomic mass is 9.89. The number of fused-ring (bicyclic) bond motifs is 1. The molecule has 150 valence electrons. The van der Waals surface area contributed by atoms with E-state index < -0.39 is 0 Å². The monoisotopic (exact) mass is 386 g/mol. The van der Waals surface area contributed by atoms with Crippen LogP contribution in [0.2, 0.25) is 0 Å². The lowest BCUT2D eigenvalue weighted by Crippen LogP contribution is -2.36. The van der Waals surface area contributed by atoms with E-state index in [1.807, 2.05) is 0 Å². The Bertz CT molecular complexity index is 935. The second-order valence-corrected chi connectivity index (χ2v) is 8.19. The van der Waals surface area contributed by atoms with E-state index in [-0.39, 0.29) is 0 Å². The standard InChI is InChI=1S/C26H30N2O/c1-27(2)16-15-20-17-25-14-13-24(18-26(25)28(19-20)29-3)23-11-9-22(10-12-23)21-7-5-4-6-8-21/h4-14,18,20H,15-17,19H2,1-3H3. The summed E-state index contributed by atoms with van der Waals surface area (Å²) in [5.41, 5.74) is 7.55. The van der Waals surface area contributed by atoms with Crippen molar-refractivity contribution in [2.24, 2.45) is 5.92 Å². The molecule has 0 bridgehead atoms. The van der Waals surface area contributed by atoms with Gasteiger partial charge < -0.3 is 4.90 Å². The zero-order valence-corrected chi connectivity index (χ0v) is 17.6. The molecule has 1 unspecified atom stereocenters.